The lowest BCUT2D eigenvalue weighted by Gasteiger charge is -2.16. The molecule has 184 valence electrons. The lowest BCUT2D eigenvalue weighted by Crippen LogP contribution is -2.35. The molecular weight excluding hydrogens is 462 g/mol. The molecule has 34 heavy (non-hydrogen) atoms. The molecule has 14 heteroatoms. The Morgan fingerprint density at radius 1 is 1.35 bits per heavy atom. The number of ether oxygens (including phenoxy) is 2. The first-order valence-electron chi connectivity index (χ1n) is 10.5. The van der Waals surface area contributed by atoms with Crippen molar-refractivity contribution >= 4 is 23.5 Å². The second kappa shape index (κ2) is 9.35. The van der Waals surface area contributed by atoms with Crippen LogP contribution in [0.4, 0.5) is 34.1 Å². The first-order chi connectivity index (χ1) is 16.1. The Balaban J connectivity index is 1.42. The van der Waals surface area contributed by atoms with Crippen molar-refractivity contribution in [2.75, 3.05) is 11.9 Å². The van der Waals surface area contributed by atoms with E-state index < -0.39 is 31.2 Å². The van der Waals surface area contributed by atoms with Crippen LogP contribution in [-0.4, -0.2) is 61.8 Å². The first kappa shape index (κ1) is 23.6. The van der Waals surface area contributed by atoms with E-state index in [2.05, 4.69) is 30.8 Å². The van der Waals surface area contributed by atoms with Gasteiger partial charge in [0.25, 0.3) is 0 Å². The van der Waals surface area contributed by atoms with Gasteiger partial charge in [0.05, 0.1) is 6.20 Å². The number of carbonyl (C=O) groups is 1. The zero-order chi connectivity index (χ0) is 24.5. The van der Waals surface area contributed by atoms with Crippen molar-refractivity contribution < 1.29 is 31.8 Å². The molecule has 3 atom stereocenters. The van der Waals surface area contributed by atoms with Gasteiger partial charge in [0, 0.05) is 29.9 Å². The first-order valence-corrected chi connectivity index (χ1v) is 10.5. The van der Waals surface area contributed by atoms with Crippen LogP contribution in [0, 0.1) is 0 Å². The molecule has 3 heterocycles. The van der Waals surface area contributed by atoms with Crippen LogP contribution in [0.25, 0.3) is 5.65 Å². The van der Waals surface area contributed by atoms with Gasteiger partial charge >= 0.3 is 12.3 Å². The number of H-pyrrole nitrogens is 1. The quantitative estimate of drug-likeness (QED) is 0.435. The highest BCUT2D eigenvalue weighted by atomic mass is 19.4. The molecule has 0 spiro atoms. The molecule has 1 amide bonds. The van der Waals surface area contributed by atoms with Crippen molar-refractivity contribution in [1.29, 1.82) is 0 Å². The van der Waals surface area contributed by atoms with Gasteiger partial charge < -0.3 is 20.1 Å². The average molecular weight is 485 g/mol. The number of halogens is 4. The number of aromatic amines is 1. The van der Waals surface area contributed by atoms with Crippen molar-refractivity contribution in [2.24, 2.45) is 0 Å². The number of rotatable bonds is 7. The van der Waals surface area contributed by atoms with E-state index in [1.807, 2.05) is 0 Å². The molecule has 3 aromatic rings. The molecular formula is C20H23F4N7O3. The Hall–Kier alpha value is -3.58. The molecule has 0 unspecified atom stereocenters. The number of alkyl carbamates (subject to hydrolysis) is 1. The fraction of sp³-hybridized carbons (Fsp3) is 0.500. The summed E-state index contributed by atoms with van der Waals surface area (Å²) in [5, 5.41) is 12.5. The van der Waals surface area contributed by atoms with Crippen LogP contribution in [0.1, 0.15) is 38.3 Å². The predicted molar refractivity (Wildman–Crippen MR) is 112 cm³/mol. The molecule has 4 rings (SSSR count). The van der Waals surface area contributed by atoms with Gasteiger partial charge in [-0.15, -0.1) is 0 Å². The molecule has 0 bridgehead atoms. The van der Waals surface area contributed by atoms with E-state index in [9.17, 15) is 22.4 Å². The third-order valence-corrected chi connectivity index (χ3v) is 5.12. The van der Waals surface area contributed by atoms with Crippen molar-refractivity contribution in [1.82, 2.24) is 29.9 Å². The summed E-state index contributed by atoms with van der Waals surface area (Å²) in [6.07, 6.45) is -4.14. The summed E-state index contributed by atoms with van der Waals surface area (Å²) in [5.74, 6) is 0.155. The number of imidazole rings is 1. The average Bonchev–Trinajstić information content (AvgIpc) is 3.44. The fourth-order valence-electron chi connectivity index (χ4n) is 3.67. The molecule has 1 saturated carbocycles. The summed E-state index contributed by atoms with van der Waals surface area (Å²) < 4.78 is 63.0. The standard InChI is InChI=1S/C20H23F4N7O3/c1-10(2)26-19(32)34-14-6-11(5-12(14)21)13-7-15(30-29-13)27-18-25-4-3-16-28-17(8-31(16)18)33-9-20(22,23)24/h3-4,7-8,10-12,14H,5-6,9H2,1-2H3,(H,26,32)(H2,25,27,29,30)/t11-,12+,14-/m0/s1. The SMILES string of the molecule is CC(C)NC(=O)O[C@H]1C[C@@H](c2cc(Nc3nccc4nc(OCC(F)(F)F)cn34)n[nH]2)C[C@H]1F. The van der Waals surface area contributed by atoms with Gasteiger partial charge in [0.2, 0.25) is 11.8 Å². The number of hydrogen-bond acceptors (Lipinski definition) is 7. The second-order valence-corrected chi connectivity index (χ2v) is 8.24. The predicted octanol–water partition coefficient (Wildman–Crippen LogP) is 3.86. The van der Waals surface area contributed by atoms with E-state index >= 15 is 0 Å². The molecule has 0 aromatic carbocycles. The van der Waals surface area contributed by atoms with Crippen LogP contribution in [0.3, 0.4) is 0 Å². The minimum Gasteiger partial charge on any atom is -0.467 e. The van der Waals surface area contributed by atoms with Crippen molar-refractivity contribution in [3.63, 3.8) is 0 Å². The highest BCUT2D eigenvalue weighted by molar-refractivity contribution is 5.67. The van der Waals surface area contributed by atoms with E-state index in [0.29, 0.717) is 23.6 Å². The number of anilines is 2. The summed E-state index contributed by atoms with van der Waals surface area (Å²) in [7, 11) is 0. The molecule has 0 aliphatic heterocycles. The molecule has 0 saturated heterocycles. The maximum Gasteiger partial charge on any atom is 0.422 e. The summed E-state index contributed by atoms with van der Waals surface area (Å²) in [4.78, 5) is 20.0. The summed E-state index contributed by atoms with van der Waals surface area (Å²) in [6.45, 7) is 2.09. The second-order valence-electron chi connectivity index (χ2n) is 8.24. The number of nitrogens with zero attached hydrogens (tertiary/aromatic N) is 4. The third kappa shape index (κ3) is 5.66. The van der Waals surface area contributed by atoms with E-state index in [4.69, 9.17) is 9.47 Å². The van der Waals surface area contributed by atoms with Gasteiger partial charge in [-0.3, -0.25) is 9.50 Å². The van der Waals surface area contributed by atoms with Crippen molar-refractivity contribution in [2.45, 2.75) is 57.1 Å². The Morgan fingerprint density at radius 3 is 2.88 bits per heavy atom. The van der Waals surface area contributed by atoms with E-state index in [1.54, 1.807) is 19.9 Å². The van der Waals surface area contributed by atoms with Crippen LogP contribution in [-0.2, 0) is 4.74 Å². The van der Waals surface area contributed by atoms with Gasteiger partial charge in [0.1, 0.15) is 17.9 Å². The van der Waals surface area contributed by atoms with Crippen LogP contribution >= 0.6 is 0 Å². The van der Waals surface area contributed by atoms with Crippen molar-refractivity contribution in [3.05, 3.63) is 30.2 Å². The number of aromatic nitrogens is 5. The Bertz CT molecular complexity index is 1150. The fourth-order valence-corrected chi connectivity index (χ4v) is 3.67. The normalized spacial score (nSPS) is 20.6. The third-order valence-electron chi connectivity index (χ3n) is 5.12. The molecule has 3 aromatic heterocycles. The summed E-state index contributed by atoms with van der Waals surface area (Å²) in [5.41, 5.74) is 0.966. The molecule has 10 nitrogen and oxygen atoms in total. The lowest BCUT2D eigenvalue weighted by atomic mass is 10.0. The zero-order valence-corrected chi connectivity index (χ0v) is 18.3. The highest BCUT2D eigenvalue weighted by Gasteiger charge is 2.39. The Labute approximate surface area is 191 Å². The monoisotopic (exact) mass is 485 g/mol. The Kier molecular flexibility index (Phi) is 6.48. The Morgan fingerprint density at radius 2 is 2.15 bits per heavy atom. The van der Waals surface area contributed by atoms with Gasteiger partial charge in [-0.2, -0.15) is 23.3 Å². The summed E-state index contributed by atoms with van der Waals surface area (Å²) in [6, 6.07) is 3.06. The summed E-state index contributed by atoms with van der Waals surface area (Å²) >= 11 is 0. The van der Waals surface area contributed by atoms with E-state index in [0.717, 1.165) is 0 Å². The lowest BCUT2D eigenvalue weighted by molar-refractivity contribution is -0.154. The van der Waals surface area contributed by atoms with E-state index in [1.165, 1.54) is 22.9 Å². The smallest absolute Gasteiger partial charge is 0.422 e. The highest BCUT2D eigenvalue weighted by Crippen LogP contribution is 2.38. The molecule has 1 fully saturated rings. The van der Waals surface area contributed by atoms with Crippen LogP contribution in [0.2, 0.25) is 0 Å². The van der Waals surface area contributed by atoms with Gasteiger partial charge in [-0.25, -0.2) is 14.2 Å². The number of nitrogens with one attached hydrogen (secondary N) is 3. The minimum absolute atomic E-state index is 0.121. The van der Waals surface area contributed by atoms with Gasteiger partial charge in [0.15, 0.2) is 12.4 Å². The largest absolute Gasteiger partial charge is 0.467 e. The van der Waals surface area contributed by atoms with Gasteiger partial charge in [-0.1, -0.05) is 0 Å². The zero-order valence-electron chi connectivity index (χ0n) is 18.3. The maximum atomic E-state index is 14.4. The molecule has 1 aliphatic carbocycles. The molecule has 0 radical (unpaired) electrons. The maximum absolute atomic E-state index is 14.4. The number of carbonyl (C=O) groups excluding carboxylic acids is 1. The van der Waals surface area contributed by atoms with Gasteiger partial charge in [-0.05, 0) is 32.8 Å². The van der Waals surface area contributed by atoms with Crippen molar-refractivity contribution in [3.8, 4) is 5.88 Å². The number of fused-ring (bicyclic) bond motifs is 1. The van der Waals surface area contributed by atoms with E-state index in [-0.39, 0.29) is 30.2 Å². The van der Waals surface area contributed by atoms with Crippen LogP contribution in [0.15, 0.2) is 24.5 Å². The molecule has 1 aliphatic rings. The number of amides is 1. The number of hydrogen-bond donors (Lipinski definition) is 3. The topological polar surface area (TPSA) is 118 Å². The molecule has 3 N–H and O–H groups in total. The number of alkyl halides is 4. The van der Waals surface area contributed by atoms with Crippen LogP contribution < -0.4 is 15.4 Å². The van der Waals surface area contributed by atoms with Crippen LogP contribution in [0.5, 0.6) is 5.88 Å². The minimum atomic E-state index is -4.48.